The van der Waals surface area contributed by atoms with E-state index < -0.39 is 14.5 Å². The van der Waals surface area contributed by atoms with Crippen molar-refractivity contribution >= 4 is 20.1 Å². The molecule has 4 aliphatic rings. The first-order valence-corrected chi connectivity index (χ1v) is 18.1. The molecule has 0 saturated heterocycles. The average molecular weight is 523 g/mol. The summed E-state index contributed by atoms with van der Waals surface area (Å²) >= 11 is 0. The topological polar surface area (TPSA) is 52.6 Å². The molecule has 4 aliphatic carbocycles. The largest absolute Gasteiger partial charge is 0.469 e. The van der Waals surface area contributed by atoms with Crippen molar-refractivity contribution in [2.45, 2.75) is 117 Å². The molecular weight excluding hydrogens is 471 g/mol. The maximum absolute atomic E-state index is 15.8. The van der Waals surface area contributed by atoms with Gasteiger partial charge in [-0.1, -0.05) is 34.1 Å². The third-order valence-corrected chi connectivity index (χ3v) is 12.5. The number of rotatable bonds is 7. The highest BCUT2D eigenvalue weighted by Crippen LogP contribution is 2.70. The van der Waals surface area contributed by atoms with Gasteiger partial charge in [-0.2, -0.15) is 0 Å². The zero-order valence-electron chi connectivity index (χ0n) is 24.1. The van der Waals surface area contributed by atoms with E-state index in [-0.39, 0.29) is 40.5 Å². The fourth-order valence-electron chi connectivity index (χ4n) is 9.97. The van der Waals surface area contributed by atoms with Gasteiger partial charge in [0.15, 0.2) is 20.3 Å². The molecule has 0 amide bonds. The number of hydrogen-bond donors (Lipinski definition) is 0. The Balaban J connectivity index is 1.71. The lowest BCUT2D eigenvalue weighted by atomic mass is 9.41. The fraction of sp³-hybridized carbons (Fsp3) is 0.933. The highest BCUT2D eigenvalue weighted by atomic mass is 28.4. The quantitative estimate of drug-likeness (QED) is 0.262. The van der Waals surface area contributed by atoms with Crippen LogP contribution in [-0.4, -0.2) is 39.5 Å². The van der Waals surface area contributed by atoms with Crippen molar-refractivity contribution in [3.63, 3.8) is 0 Å². The van der Waals surface area contributed by atoms with Gasteiger partial charge >= 0.3 is 5.97 Å². The van der Waals surface area contributed by atoms with E-state index in [0.717, 1.165) is 32.1 Å². The normalized spacial score (nSPS) is 45.4. The second-order valence-corrected chi connectivity index (χ2v) is 18.7. The first-order valence-electron chi connectivity index (χ1n) is 14.7. The zero-order chi connectivity index (χ0) is 26.6. The molecule has 0 aromatic rings. The second kappa shape index (κ2) is 10.1. The fourth-order valence-corrected chi connectivity index (χ4v) is 11.1. The highest BCUT2D eigenvalue weighted by molar-refractivity contribution is 6.69. The van der Waals surface area contributed by atoms with Crippen LogP contribution in [0.25, 0.3) is 0 Å². The van der Waals surface area contributed by atoms with Crippen molar-refractivity contribution in [3.05, 3.63) is 0 Å². The van der Waals surface area contributed by atoms with Gasteiger partial charge in [0.25, 0.3) is 0 Å². The molecule has 0 aliphatic heterocycles. The van der Waals surface area contributed by atoms with Crippen molar-refractivity contribution in [2.24, 2.45) is 52.3 Å². The monoisotopic (exact) mass is 522 g/mol. The van der Waals surface area contributed by atoms with Crippen molar-refractivity contribution < 1.29 is 23.1 Å². The summed E-state index contributed by atoms with van der Waals surface area (Å²) in [4.78, 5) is 24.5. The molecule has 6 heteroatoms. The molecule has 0 spiro atoms. The van der Waals surface area contributed by atoms with Gasteiger partial charge in [-0.15, -0.1) is 0 Å². The average Bonchev–Trinajstić information content (AvgIpc) is 3.17. The molecule has 36 heavy (non-hydrogen) atoms. The SMILES string of the molecule is CC[C@@H]1[C@@H]2[C@@H](F)C(=O)CC[C@]2(C)C2CC[C@@]3(C)C(CCC3[C@H](C)CCC(=O)OC)C2[C@@H]1O[Si](C)(C)C. The summed E-state index contributed by atoms with van der Waals surface area (Å²) in [5.74, 6) is 2.07. The number of methoxy groups -OCH3 is 1. The Morgan fingerprint density at radius 3 is 2.39 bits per heavy atom. The number of ether oxygens (including phenoxy) is 1. The van der Waals surface area contributed by atoms with Crippen molar-refractivity contribution in [3.8, 4) is 0 Å². The Morgan fingerprint density at radius 2 is 1.78 bits per heavy atom. The standard InChI is InChI=1S/C30H51FO4Si/c1-9-19-26-27(31)23(32)15-17-30(26,4)22-14-16-29(3)20(18(2)10-13-24(33)34-5)11-12-21(29)25(22)28(19)35-36(6,7)8/h18-22,25-28H,9-17H2,1-8H3/t18-,19-,20?,21?,22?,25?,26-,27+,28-,29-,30-/m1/s1. The third kappa shape index (κ3) is 4.65. The van der Waals surface area contributed by atoms with Gasteiger partial charge < -0.3 is 9.16 Å². The van der Waals surface area contributed by atoms with Crippen LogP contribution in [0, 0.1) is 52.3 Å². The second-order valence-electron chi connectivity index (χ2n) is 14.3. The molecule has 4 saturated carbocycles. The molecule has 4 nitrogen and oxygen atoms in total. The van der Waals surface area contributed by atoms with Gasteiger partial charge in [-0.25, -0.2) is 4.39 Å². The van der Waals surface area contributed by atoms with E-state index in [1.807, 2.05) is 0 Å². The Morgan fingerprint density at radius 1 is 1.11 bits per heavy atom. The Hall–Kier alpha value is -0.753. The first kappa shape index (κ1) is 28.3. The number of hydrogen-bond acceptors (Lipinski definition) is 4. The lowest BCUT2D eigenvalue weighted by Gasteiger charge is -2.65. The number of halogens is 1. The maximum Gasteiger partial charge on any atom is 0.305 e. The van der Waals surface area contributed by atoms with E-state index in [1.165, 1.54) is 20.0 Å². The minimum absolute atomic E-state index is 0.0441. The summed E-state index contributed by atoms with van der Waals surface area (Å²) in [5.41, 5.74) is 0.0900. The lowest BCUT2D eigenvalue weighted by Crippen LogP contribution is -2.66. The van der Waals surface area contributed by atoms with E-state index in [0.29, 0.717) is 42.4 Å². The maximum atomic E-state index is 15.8. The number of fused-ring (bicyclic) bond motifs is 5. The van der Waals surface area contributed by atoms with Crippen LogP contribution in [0.5, 0.6) is 0 Å². The van der Waals surface area contributed by atoms with Crippen molar-refractivity contribution in [2.75, 3.05) is 7.11 Å². The van der Waals surface area contributed by atoms with Gasteiger partial charge in [0.05, 0.1) is 13.2 Å². The molecule has 0 aromatic heterocycles. The van der Waals surface area contributed by atoms with E-state index in [1.54, 1.807) is 0 Å². The lowest BCUT2D eigenvalue weighted by molar-refractivity contribution is -0.203. The van der Waals surface area contributed by atoms with E-state index in [4.69, 9.17) is 9.16 Å². The van der Waals surface area contributed by atoms with Crippen molar-refractivity contribution in [1.82, 2.24) is 0 Å². The Labute approximate surface area is 220 Å². The first-order chi connectivity index (χ1) is 16.8. The summed E-state index contributed by atoms with van der Waals surface area (Å²) in [6, 6.07) is 0. The summed E-state index contributed by atoms with van der Waals surface area (Å²) in [7, 11) is -0.420. The molecule has 0 radical (unpaired) electrons. The van der Waals surface area contributed by atoms with Crippen LogP contribution >= 0.6 is 0 Å². The number of alkyl halides is 1. The third-order valence-electron chi connectivity index (χ3n) is 11.5. The van der Waals surface area contributed by atoms with Crippen LogP contribution < -0.4 is 0 Å². The van der Waals surface area contributed by atoms with Crippen LogP contribution in [0.15, 0.2) is 0 Å². The minimum atomic E-state index is -1.89. The zero-order valence-corrected chi connectivity index (χ0v) is 25.1. The van der Waals surface area contributed by atoms with Gasteiger partial charge in [0.2, 0.25) is 0 Å². The molecule has 206 valence electrons. The summed E-state index contributed by atoms with van der Waals surface area (Å²) in [6.07, 6.45) is 6.83. The molecule has 11 atom stereocenters. The smallest absolute Gasteiger partial charge is 0.305 e. The van der Waals surface area contributed by atoms with E-state index >= 15 is 4.39 Å². The Kier molecular flexibility index (Phi) is 7.92. The molecule has 0 N–H and O–H groups in total. The molecule has 0 aromatic carbocycles. The van der Waals surface area contributed by atoms with Gasteiger partial charge in [0.1, 0.15) is 0 Å². The number of carbonyl (C=O) groups excluding carboxylic acids is 2. The van der Waals surface area contributed by atoms with E-state index in [2.05, 4.69) is 47.3 Å². The van der Waals surface area contributed by atoms with Crippen LogP contribution in [0.2, 0.25) is 19.6 Å². The molecule has 4 unspecified atom stereocenters. The van der Waals surface area contributed by atoms with Crippen LogP contribution in [0.1, 0.15) is 85.5 Å². The predicted octanol–water partition coefficient (Wildman–Crippen LogP) is 7.22. The van der Waals surface area contributed by atoms with Crippen LogP contribution in [-0.2, 0) is 18.8 Å². The molecular formula is C30H51FO4Si. The van der Waals surface area contributed by atoms with E-state index in [9.17, 15) is 9.59 Å². The van der Waals surface area contributed by atoms with Gasteiger partial charge in [-0.3, -0.25) is 9.59 Å². The molecule has 4 rings (SSSR count). The molecule has 0 bridgehead atoms. The minimum Gasteiger partial charge on any atom is -0.469 e. The number of carbonyl (C=O) groups is 2. The summed E-state index contributed by atoms with van der Waals surface area (Å²) in [5, 5.41) is 0. The van der Waals surface area contributed by atoms with Gasteiger partial charge in [-0.05, 0) is 105 Å². The summed E-state index contributed by atoms with van der Waals surface area (Å²) < 4.78 is 27.8. The Bertz CT molecular complexity index is 841. The molecule has 4 fully saturated rings. The molecule has 0 heterocycles. The van der Waals surface area contributed by atoms with Gasteiger partial charge in [0, 0.05) is 18.8 Å². The number of esters is 1. The number of Topliss-reactive ketones (excluding diaryl/α,β-unsaturated/α-hetero) is 1. The number of ketones is 1. The predicted molar refractivity (Wildman–Crippen MR) is 144 cm³/mol. The summed E-state index contributed by atoms with van der Waals surface area (Å²) in [6.45, 7) is 16.1. The van der Waals surface area contributed by atoms with Crippen LogP contribution in [0.4, 0.5) is 4.39 Å². The van der Waals surface area contributed by atoms with Crippen molar-refractivity contribution in [1.29, 1.82) is 0 Å². The van der Waals surface area contributed by atoms with Crippen LogP contribution in [0.3, 0.4) is 0 Å². The highest BCUT2D eigenvalue weighted by Gasteiger charge is 2.67.